The Kier molecular flexibility index (Phi) is 4.53. The van der Waals surface area contributed by atoms with E-state index in [-0.39, 0.29) is 11.8 Å². The Hall–Kier alpha value is -1.16. The first-order valence-electron chi connectivity index (χ1n) is 6.46. The Labute approximate surface area is 106 Å². The lowest BCUT2D eigenvalue weighted by Gasteiger charge is -2.23. The highest BCUT2D eigenvalue weighted by Gasteiger charge is 2.24. The van der Waals surface area contributed by atoms with E-state index >= 15 is 0 Å². The van der Waals surface area contributed by atoms with Gasteiger partial charge in [0.05, 0.1) is 0 Å². The number of rotatable bonds is 5. The summed E-state index contributed by atoms with van der Waals surface area (Å²) in [6, 6.07) is 4.21. The summed E-state index contributed by atoms with van der Waals surface area (Å²) in [5, 5.41) is 3.21. The molecule has 4 heteroatoms. The maximum absolute atomic E-state index is 13.4. The van der Waals surface area contributed by atoms with Crippen LogP contribution in [0.5, 0.6) is 5.75 Å². The normalized spacial score (nSPS) is 17.9. The highest BCUT2D eigenvalue weighted by molar-refractivity contribution is 5.25. The predicted octanol–water partition coefficient (Wildman–Crippen LogP) is 3.12. The number of nitrogens with one attached hydrogen (secondary N) is 1. The van der Waals surface area contributed by atoms with Crippen molar-refractivity contribution >= 4 is 0 Å². The average molecular weight is 255 g/mol. The molecule has 1 atom stereocenters. The highest BCUT2D eigenvalue weighted by Crippen LogP contribution is 2.28. The van der Waals surface area contributed by atoms with Crippen LogP contribution >= 0.6 is 0 Å². The van der Waals surface area contributed by atoms with Crippen molar-refractivity contribution in [2.75, 3.05) is 13.7 Å². The van der Waals surface area contributed by atoms with E-state index < -0.39 is 11.6 Å². The molecule has 2 nitrogen and oxygen atoms in total. The van der Waals surface area contributed by atoms with Crippen molar-refractivity contribution < 1.29 is 13.5 Å². The van der Waals surface area contributed by atoms with Crippen LogP contribution < -0.4 is 10.1 Å². The Balaban J connectivity index is 1.94. The van der Waals surface area contributed by atoms with Gasteiger partial charge in [0.2, 0.25) is 5.82 Å². The van der Waals surface area contributed by atoms with E-state index in [9.17, 15) is 8.78 Å². The molecule has 1 aliphatic rings. The summed E-state index contributed by atoms with van der Waals surface area (Å²) in [5.74, 6) is -1.20. The van der Waals surface area contributed by atoms with Gasteiger partial charge in [-0.25, -0.2) is 4.39 Å². The lowest BCUT2D eigenvalue weighted by atomic mass is 9.99. The van der Waals surface area contributed by atoms with Crippen molar-refractivity contribution in [3.05, 3.63) is 29.8 Å². The summed E-state index contributed by atoms with van der Waals surface area (Å²) in [6.07, 6.45) is 4.86. The van der Waals surface area contributed by atoms with E-state index in [2.05, 4.69) is 5.32 Å². The SMILES string of the molecule is CNC(COc1cccc(F)c1F)C1CCCC1. The molecular weight excluding hydrogens is 236 g/mol. The number of benzene rings is 1. The molecule has 100 valence electrons. The van der Waals surface area contributed by atoms with E-state index in [0.717, 1.165) is 6.07 Å². The molecule has 1 fully saturated rings. The van der Waals surface area contributed by atoms with Gasteiger partial charge in [0.25, 0.3) is 0 Å². The topological polar surface area (TPSA) is 21.3 Å². The van der Waals surface area contributed by atoms with E-state index in [1.165, 1.54) is 37.8 Å². The quantitative estimate of drug-likeness (QED) is 0.872. The molecule has 0 saturated heterocycles. The molecule has 1 aromatic rings. The van der Waals surface area contributed by atoms with Crippen molar-refractivity contribution in [3.8, 4) is 5.75 Å². The molecular formula is C14H19F2NO. The number of hydrogen-bond donors (Lipinski definition) is 1. The molecule has 1 saturated carbocycles. The van der Waals surface area contributed by atoms with Crippen molar-refractivity contribution in [2.24, 2.45) is 5.92 Å². The van der Waals surface area contributed by atoms with Crippen LogP contribution in [0.2, 0.25) is 0 Å². The zero-order chi connectivity index (χ0) is 13.0. The fourth-order valence-electron chi connectivity index (χ4n) is 2.59. The molecule has 0 spiro atoms. The van der Waals surface area contributed by atoms with Gasteiger partial charge in [-0.15, -0.1) is 0 Å². The summed E-state index contributed by atoms with van der Waals surface area (Å²) in [5.41, 5.74) is 0. The van der Waals surface area contributed by atoms with Gasteiger partial charge in [0.1, 0.15) is 6.61 Å². The first-order chi connectivity index (χ1) is 8.72. The van der Waals surface area contributed by atoms with Crippen molar-refractivity contribution in [3.63, 3.8) is 0 Å². The zero-order valence-electron chi connectivity index (χ0n) is 10.6. The Morgan fingerprint density at radius 1 is 1.33 bits per heavy atom. The molecule has 0 heterocycles. The van der Waals surface area contributed by atoms with Crippen LogP contribution in [0.25, 0.3) is 0 Å². The van der Waals surface area contributed by atoms with Gasteiger partial charge in [0.15, 0.2) is 11.6 Å². The van der Waals surface area contributed by atoms with Gasteiger partial charge < -0.3 is 10.1 Å². The van der Waals surface area contributed by atoms with Crippen molar-refractivity contribution in [1.82, 2.24) is 5.32 Å². The molecule has 1 aliphatic carbocycles. The van der Waals surface area contributed by atoms with Crippen LogP contribution in [0.4, 0.5) is 8.78 Å². The summed E-state index contributed by atoms with van der Waals surface area (Å²) in [6.45, 7) is 0.377. The highest BCUT2D eigenvalue weighted by atomic mass is 19.2. The third kappa shape index (κ3) is 2.99. The smallest absolute Gasteiger partial charge is 0.200 e. The van der Waals surface area contributed by atoms with E-state index in [4.69, 9.17) is 4.74 Å². The maximum Gasteiger partial charge on any atom is 0.200 e. The zero-order valence-corrected chi connectivity index (χ0v) is 10.6. The van der Waals surface area contributed by atoms with Gasteiger partial charge in [-0.2, -0.15) is 4.39 Å². The predicted molar refractivity (Wildman–Crippen MR) is 66.7 cm³/mol. The second kappa shape index (κ2) is 6.14. The van der Waals surface area contributed by atoms with Gasteiger partial charge in [-0.05, 0) is 37.9 Å². The van der Waals surface area contributed by atoms with E-state index in [1.807, 2.05) is 7.05 Å². The Morgan fingerprint density at radius 3 is 2.72 bits per heavy atom. The minimum Gasteiger partial charge on any atom is -0.489 e. The molecule has 1 aromatic carbocycles. The third-order valence-corrected chi connectivity index (χ3v) is 3.67. The molecule has 0 aliphatic heterocycles. The molecule has 2 rings (SSSR count). The fraction of sp³-hybridized carbons (Fsp3) is 0.571. The lowest BCUT2D eigenvalue weighted by molar-refractivity contribution is 0.216. The van der Waals surface area contributed by atoms with Crippen LogP contribution in [0.3, 0.4) is 0 Å². The molecule has 0 bridgehead atoms. The molecule has 0 amide bonds. The first-order valence-corrected chi connectivity index (χ1v) is 6.46. The Bertz CT molecular complexity index is 391. The summed E-state index contributed by atoms with van der Waals surface area (Å²) >= 11 is 0. The van der Waals surface area contributed by atoms with Gasteiger partial charge >= 0.3 is 0 Å². The van der Waals surface area contributed by atoms with Crippen molar-refractivity contribution in [1.29, 1.82) is 0 Å². The average Bonchev–Trinajstić information content (AvgIpc) is 2.89. The maximum atomic E-state index is 13.4. The molecule has 1 unspecified atom stereocenters. The minimum absolute atomic E-state index is 0.00625. The second-order valence-corrected chi connectivity index (χ2v) is 4.80. The van der Waals surface area contributed by atoms with E-state index in [0.29, 0.717) is 12.5 Å². The number of hydrogen-bond acceptors (Lipinski definition) is 2. The number of ether oxygens (including phenoxy) is 1. The largest absolute Gasteiger partial charge is 0.489 e. The molecule has 0 radical (unpaired) electrons. The molecule has 18 heavy (non-hydrogen) atoms. The van der Waals surface area contributed by atoms with Crippen LogP contribution in [0.1, 0.15) is 25.7 Å². The first kappa shape index (κ1) is 13.3. The van der Waals surface area contributed by atoms with Crippen molar-refractivity contribution in [2.45, 2.75) is 31.7 Å². The monoisotopic (exact) mass is 255 g/mol. The summed E-state index contributed by atoms with van der Waals surface area (Å²) < 4.78 is 31.8. The standard InChI is InChI=1S/C14H19F2NO/c1-17-12(10-5-2-3-6-10)9-18-13-8-4-7-11(15)14(13)16/h4,7-8,10,12,17H,2-3,5-6,9H2,1H3. The van der Waals surface area contributed by atoms with Crippen LogP contribution in [0.15, 0.2) is 18.2 Å². The fourth-order valence-corrected chi connectivity index (χ4v) is 2.59. The third-order valence-electron chi connectivity index (χ3n) is 3.67. The molecule has 0 aromatic heterocycles. The lowest BCUT2D eigenvalue weighted by Crippen LogP contribution is -2.37. The van der Waals surface area contributed by atoms with Crippen LogP contribution in [-0.2, 0) is 0 Å². The van der Waals surface area contributed by atoms with Gasteiger partial charge in [-0.3, -0.25) is 0 Å². The number of likely N-dealkylation sites (N-methyl/N-ethyl adjacent to an activating group) is 1. The second-order valence-electron chi connectivity index (χ2n) is 4.80. The summed E-state index contributed by atoms with van der Waals surface area (Å²) in [7, 11) is 1.88. The van der Waals surface area contributed by atoms with Gasteiger partial charge in [0, 0.05) is 6.04 Å². The molecule has 1 N–H and O–H groups in total. The number of halogens is 2. The van der Waals surface area contributed by atoms with Crippen LogP contribution in [0, 0.1) is 17.6 Å². The Morgan fingerprint density at radius 2 is 2.06 bits per heavy atom. The van der Waals surface area contributed by atoms with Gasteiger partial charge in [-0.1, -0.05) is 18.9 Å². The summed E-state index contributed by atoms with van der Waals surface area (Å²) in [4.78, 5) is 0. The minimum atomic E-state index is -0.904. The van der Waals surface area contributed by atoms with Crippen LogP contribution in [-0.4, -0.2) is 19.7 Å². The van der Waals surface area contributed by atoms with E-state index in [1.54, 1.807) is 0 Å².